The number of rotatable bonds is 3. The minimum Gasteiger partial charge on any atom is -0.424 e. The smallest absolute Gasteiger partial charge is 0.365 e. The lowest BCUT2D eigenvalue weighted by Crippen LogP contribution is -1.80. The van der Waals surface area contributed by atoms with Gasteiger partial charge in [-0.2, -0.15) is 0 Å². The van der Waals surface area contributed by atoms with Crippen molar-refractivity contribution in [3.63, 3.8) is 0 Å². The summed E-state index contributed by atoms with van der Waals surface area (Å²) in [6.07, 6.45) is 0. The Morgan fingerprint density at radius 2 is 2.31 bits per heavy atom. The Morgan fingerprint density at radius 3 is 2.85 bits per heavy atom. The Bertz CT molecular complexity index is 356. The fourth-order valence-electron chi connectivity index (χ4n) is 0.794. The third-order valence-electron chi connectivity index (χ3n) is 1.29. The van der Waals surface area contributed by atoms with Gasteiger partial charge in [0.2, 0.25) is 0 Å². The molecule has 0 saturated carbocycles. The predicted molar refractivity (Wildman–Crippen MR) is 52.5 cm³/mol. The number of hydrogen-bond acceptors (Lipinski definition) is 3. The summed E-state index contributed by atoms with van der Waals surface area (Å²) in [6, 6.07) is 4.55. The van der Waals surface area contributed by atoms with Crippen LogP contribution in [0, 0.1) is 0 Å². The van der Waals surface area contributed by atoms with Gasteiger partial charge in [-0.05, 0) is 18.9 Å². The van der Waals surface area contributed by atoms with Crippen molar-refractivity contribution in [2.75, 3.05) is 0 Å². The average molecular weight is 220 g/mol. The van der Waals surface area contributed by atoms with Crippen molar-refractivity contribution in [3.05, 3.63) is 23.2 Å². The van der Waals surface area contributed by atoms with E-state index in [4.69, 9.17) is 16.5 Å². The molecule has 0 aromatic heterocycles. The molecule has 0 bridgehead atoms. The normalized spacial score (nSPS) is 12.2. The first-order valence-corrected chi connectivity index (χ1v) is 4.94. The van der Waals surface area contributed by atoms with Crippen LogP contribution in [0.4, 0.5) is 5.69 Å². The van der Waals surface area contributed by atoms with Gasteiger partial charge in [0.1, 0.15) is 5.69 Å². The molecule has 1 atom stereocenters. The highest BCUT2D eigenvalue weighted by Crippen LogP contribution is 2.34. The fourth-order valence-corrected chi connectivity index (χ4v) is 1.31. The van der Waals surface area contributed by atoms with Crippen LogP contribution in [0.25, 0.3) is 0 Å². The Balaban J connectivity index is 3.07. The second kappa shape index (κ2) is 4.42. The lowest BCUT2D eigenvalue weighted by atomic mass is 10.3. The standard InChI is InChI=1S/C7H7ClNO3P/c1-9-6-3-2-5(8)4-7(6)12-13(10)11/h2-4,13H,1H2,(H,10,11). The Kier molecular flexibility index (Phi) is 3.48. The lowest BCUT2D eigenvalue weighted by molar-refractivity contribution is 0.411. The minimum absolute atomic E-state index is 0.161. The maximum atomic E-state index is 10.4. The van der Waals surface area contributed by atoms with Crippen LogP contribution in [-0.2, 0) is 4.57 Å². The zero-order valence-corrected chi connectivity index (χ0v) is 8.28. The topological polar surface area (TPSA) is 58.9 Å². The largest absolute Gasteiger partial charge is 0.424 e. The lowest BCUT2D eigenvalue weighted by Gasteiger charge is -2.04. The summed E-state index contributed by atoms with van der Waals surface area (Å²) >= 11 is 5.64. The van der Waals surface area contributed by atoms with Crippen LogP contribution in [0.5, 0.6) is 5.75 Å². The zero-order valence-electron chi connectivity index (χ0n) is 6.53. The van der Waals surface area contributed by atoms with Gasteiger partial charge < -0.3 is 9.42 Å². The SMILES string of the molecule is C=Nc1ccc(Cl)cc1O[PH](=O)O. The molecule has 1 N–H and O–H groups in total. The molecule has 0 aliphatic rings. The molecular weight excluding hydrogens is 213 g/mol. The fraction of sp³-hybridized carbons (Fsp3) is 0. The van der Waals surface area contributed by atoms with Gasteiger partial charge in [0.05, 0.1) is 0 Å². The van der Waals surface area contributed by atoms with Crippen molar-refractivity contribution >= 4 is 32.3 Å². The molecule has 13 heavy (non-hydrogen) atoms. The van der Waals surface area contributed by atoms with Gasteiger partial charge >= 0.3 is 8.25 Å². The van der Waals surface area contributed by atoms with E-state index in [0.717, 1.165) is 0 Å². The van der Waals surface area contributed by atoms with Crippen LogP contribution >= 0.6 is 19.9 Å². The van der Waals surface area contributed by atoms with E-state index >= 15 is 0 Å². The van der Waals surface area contributed by atoms with Crippen molar-refractivity contribution in [2.24, 2.45) is 4.99 Å². The van der Waals surface area contributed by atoms with Crippen LogP contribution in [0.15, 0.2) is 23.2 Å². The monoisotopic (exact) mass is 219 g/mol. The van der Waals surface area contributed by atoms with Gasteiger partial charge in [-0.1, -0.05) is 11.6 Å². The van der Waals surface area contributed by atoms with Crippen LogP contribution in [0.1, 0.15) is 0 Å². The Labute approximate surface area is 80.8 Å². The third kappa shape index (κ3) is 2.84. The quantitative estimate of drug-likeness (QED) is 0.627. The molecule has 1 aromatic carbocycles. The van der Waals surface area contributed by atoms with Gasteiger partial charge in [-0.25, -0.2) is 4.57 Å². The molecule has 0 fully saturated rings. The first kappa shape index (κ1) is 10.3. The minimum atomic E-state index is -3.03. The summed E-state index contributed by atoms with van der Waals surface area (Å²) in [7, 11) is -3.03. The number of hydrogen-bond donors (Lipinski definition) is 1. The highest BCUT2D eigenvalue weighted by Gasteiger charge is 2.04. The van der Waals surface area contributed by atoms with E-state index in [1.807, 2.05) is 0 Å². The molecule has 1 unspecified atom stereocenters. The number of benzene rings is 1. The van der Waals surface area contributed by atoms with Crippen molar-refractivity contribution in [1.82, 2.24) is 0 Å². The molecule has 0 aliphatic carbocycles. The van der Waals surface area contributed by atoms with E-state index in [1.54, 1.807) is 12.1 Å². The molecule has 1 rings (SSSR count). The Hall–Kier alpha value is -0.830. The molecule has 0 saturated heterocycles. The number of halogens is 1. The molecule has 70 valence electrons. The first-order chi connectivity index (χ1) is 6.13. The highest BCUT2D eigenvalue weighted by molar-refractivity contribution is 7.32. The van der Waals surface area contributed by atoms with Gasteiger partial charge in [0.25, 0.3) is 0 Å². The van der Waals surface area contributed by atoms with E-state index in [1.165, 1.54) is 6.07 Å². The van der Waals surface area contributed by atoms with Crippen molar-refractivity contribution in [3.8, 4) is 5.75 Å². The van der Waals surface area contributed by atoms with E-state index in [0.29, 0.717) is 10.7 Å². The summed E-state index contributed by atoms with van der Waals surface area (Å²) in [6.45, 7) is 3.28. The van der Waals surface area contributed by atoms with Gasteiger partial charge in [-0.15, -0.1) is 0 Å². The number of nitrogens with zero attached hydrogens (tertiary/aromatic N) is 1. The molecule has 0 radical (unpaired) electrons. The summed E-state index contributed by atoms with van der Waals surface area (Å²) in [5.74, 6) is 0.161. The van der Waals surface area contributed by atoms with Crippen LogP contribution in [0.3, 0.4) is 0 Å². The maximum absolute atomic E-state index is 10.4. The highest BCUT2D eigenvalue weighted by atomic mass is 35.5. The maximum Gasteiger partial charge on any atom is 0.365 e. The van der Waals surface area contributed by atoms with E-state index in [2.05, 4.69) is 16.2 Å². The Morgan fingerprint density at radius 1 is 1.62 bits per heavy atom. The summed E-state index contributed by atoms with van der Waals surface area (Å²) in [4.78, 5) is 12.1. The average Bonchev–Trinajstić information content (AvgIpc) is 2.03. The van der Waals surface area contributed by atoms with E-state index in [-0.39, 0.29) is 5.75 Å². The van der Waals surface area contributed by atoms with Crippen LogP contribution in [0.2, 0.25) is 5.02 Å². The molecule has 0 spiro atoms. The second-order valence-electron chi connectivity index (χ2n) is 2.14. The van der Waals surface area contributed by atoms with E-state index < -0.39 is 8.25 Å². The molecule has 4 nitrogen and oxygen atoms in total. The summed E-state index contributed by atoms with van der Waals surface area (Å²) in [5.41, 5.74) is 0.386. The summed E-state index contributed by atoms with van der Waals surface area (Å²) in [5, 5.41) is 0.408. The molecular formula is C7H7ClNO3P. The number of aliphatic imine (C=N–C) groups is 1. The van der Waals surface area contributed by atoms with Crippen LogP contribution in [-0.4, -0.2) is 11.6 Å². The van der Waals surface area contributed by atoms with Gasteiger partial charge in [-0.3, -0.25) is 4.99 Å². The molecule has 6 heteroatoms. The van der Waals surface area contributed by atoms with Crippen molar-refractivity contribution in [2.45, 2.75) is 0 Å². The summed E-state index contributed by atoms with van der Waals surface area (Å²) < 4.78 is 15.0. The molecule has 1 aromatic rings. The molecule has 0 heterocycles. The van der Waals surface area contributed by atoms with Gasteiger partial charge in [0, 0.05) is 11.1 Å². The predicted octanol–water partition coefficient (Wildman–Crippen LogP) is 2.43. The van der Waals surface area contributed by atoms with Crippen LogP contribution < -0.4 is 4.52 Å². The zero-order chi connectivity index (χ0) is 9.84. The van der Waals surface area contributed by atoms with E-state index in [9.17, 15) is 4.57 Å². The first-order valence-electron chi connectivity index (χ1n) is 3.30. The molecule has 0 amide bonds. The third-order valence-corrected chi connectivity index (χ3v) is 1.92. The van der Waals surface area contributed by atoms with Gasteiger partial charge in [0.15, 0.2) is 5.75 Å². The molecule has 0 aliphatic heterocycles. The van der Waals surface area contributed by atoms with Crippen molar-refractivity contribution < 1.29 is 14.0 Å². The second-order valence-corrected chi connectivity index (χ2v) is 3.31. The van der Waals surface area contributed by atoms with Crippen molar-refractivity contribution in [1.29, 1.82) is 0 Å².